The van der Waals surface area contributed by atoms with Crippen LogP contribution in [0.2, 0.25) is 0 Å². The highest BCUT2D eigenvalue weighted by atomic mass is 16.3. The molecule has 17 heavy (non-hydrogen) atoms. The van der Waals surface area contributed by atoms with Crippen LogP contribution in [-0.4, -0.2) is 47.1 Å². The van der Waals surface area contributed by atoms with Crippen LogP contribution >= 0.6 is 0 Å². The van der Waals surface area contributed by atoms with Crippen molar-refractivity contribution in [2.24, 2.45) is 5.92 Å². The first-order valence-electron chi connectivity index (χ1n) is 6.08. The summed E-state index contributed by atoms with van der Waals surface area (Å²) < 4.78 is 0. The Bertz CT molecular complexity index is 302. The summed E-state index contributed by atoms with van der Waals surface area (Å²) in [6.45, 7) is 6.54. The van der Waals surface area contributed by atoms with E-state index in [1.54, 1.807) is 18.7 Å². The quantitative estimate of drug-likeness (QED) is 0.676. The maximum atomic E-state index is 11.9. The lowest BCUT2D eigenvalue weighted by atomic mass is 10.00. The van der Waals surface area contributed by atoms with Crippen LogP contribution in [0.4, 0.5) is 0 Å². The second-order valence-corrected chi connectivity index (χ2v) is 5.49. The number of nitrogens with one attached hydrogen (secondary N) is 1. The molecule has 1 aliphatic rings. The molecule has 1 fully saturated rings. The molecular formula is C12H22N2O3. The van der Waals surface area contributed by atoms with Crippen molar-refractivity contribution in [2.45, 2.75) is 39.2 Å². The molecule has 0 radical (unpaired) electrons. The first kappa shape index (κ1) is 14.0. The third-order valence-electron chi connectivity index (χ3n) is 2.99. The van der Waals surface area contributed by atoms with Crippen LogP contribution in [0.25, 0.3) is 0 Å². The summed E-state index contributed by atoms with van der Waals surface area (Å²) >= 11 is 0. The summed E-state index contributed by atoms with van der Waals surface area (Å²) in [5.41, 5.74) is -0.756. The number of aliphatic hydroxyl groups excluding tert-OH is 1. The average Bonchev–Trinajstić information content (AvgIpc) is 2.27. The van der Waals surface area contributed by atoms with E-state index in [-0.39, 0.29) is 6.61 Å². The van der Waals surface area contributed by atoms with Crippen LogP contribution in [0.1, 0.15) is 33.6 Å². The minimum Gasteiger partial charge on any atom is -0.394 e. The summed E-state index contributed by atoms with van der Waals surface area (Å²) in [4.78, 5) is 25.2. The molecule has 2 N–H and O–H groups in total. The van der Waals surface area contributed by atoms with Gasteiger partial charge in [0, 0.05) is 13.1 Å². The van der Waals surface area contributed by atoms with Crippen molar-refractivity contribution >= 4 is 11.8 Å². The Balaban J connectivity index is 2.54. The average molecular weight is 242 g/mol. The molecule has 2 amide bonds. The van der Waals surface area contributed by atoms with Gasteiger partial charge in [0.25, 0.3) is 0 Å². The number of amides is 2. The van der Waals surface area contributed by atoms with Crippen LogP contribution in [-0.2, 0) is 9.59 Å². The van der Waals surface area contributed by atoms with E-state index in [1.165, 1.54) is 0 Å². The van der Waals surface area contributed by atoms with Gasteiger partial charge in [0.1, 0.15) is 0 Å². The van der Waals surface area contributed by atoms with Gasteiger partial charge >= 0.3 is 11.8 Å². The number of piperidine rings is 1. The normalized spacial score (nSPS) is 21.2. The molecular weight excluding hydrogens is 220 g/mol. The Morgan fingerprint density at radius 3 is 2.65 bits per heavy atom. The van der Waals surface area contributed by atoms with Crippen LogP contribution in [0.3, 0.4) is 0 Å². The topological polar surface area (TPSA) is 69.6 Å². The van der Waals surface area contributed by atoms with Crippen molar-refractivity contribution < 1.29 is 14.7 Å². The summed E-state index contributed by atoms with van der Waals surface area (Å²) in [5.74, 6) is -0.664. The van der Waals surface area contributed by atoms with Gasteiger partial charge in [-0.05, 0) is 32.6 Å². The fourth-order valence-corrected chi connectivity index (χ4v) is 1.92. The van der Waals surface area contributed by atoms with Crippen molar-refractivity contribution in [1.29, 1.82) is 0 Å². The maximum Gasteiger partial charge on any atom is 0.311 e. The van der Waals surface area contributed by atoms with Gasteiger partial charge in [0.05, 0.1) is 12.1 Å². The second-order valence-electron chi connectivity index (χ2n) is 5.49. The van der Waals surface area contributed by atoms with Crippen molar-refractivity contribution in [1.82, 2.24) is 10.2 Å². The van der Waals surface area contributed by atoms with Crippen LogP contribution < -0.4 is 5.32 Å². The number of hydrogen-bond acceptors (Lipinski definition) is 3. The van der Waals surface area contributed by atoms with Gasteiger partial charge in [-0.3, -0.25) is 9.59 Å². The van der Waals surface area contributed by atoms with Gasteiger partial charge in [-0.1, -0.05) is 6.92 Å². The smallest absolute Gasteiger partial charge is 0.311 e. The SMILES string of the molecule is CC1CCCN(C(=O)C(=O)NC(C)(C)CO)C1. The molecule has 0 aromatic rings. The predicted molar refractivity (Wildman–Crippen MR) is 64.3 cm³/mol. The van der Waals surface area contributed by atoms with Gasteiger partial charge in [0.15, 0.2) is 0 Å². The Morgan fingerprint density at radius 1 is 1.47 bits per heavy atom. The number of aliphatic hydroxyl groups is 1. The Kier molecular flexibility index (Phi) is 4.51. The van der Waals surface area contributed by atoms with E-state index in [4.69, 9.17) is 5.11 Å². The number of hydrogen-bond donors (Lipinski definition) is 2. The monoisotopic (exact) mass is 242 g/mol. The molecule has 0 aromatic heterocycles. The number of nitrogens with zero attached hydrogens (tertiary/aromatic N) is 1. The predicted octanol–water partition coefficient (Wildman–Crippen LogP) is 0.132. The first-order chi connectivity index (χ1) is 7.85. The lowest BCUT2D eigenvalue weighted by Crippen LogP contribution is -2.53. The van der Waals surface area contributed by atoms with Crippen molar-refractivity contribution in [3.05, 3.63) is 0 Å². The molecule has 0 spiro atoms. The van der Waals surface area contributed by atoms with Gasteiger partial charge in [0.2, 0.25) is 0 Å². The van der Waals surface area contributed by atoms with Crippen LogP contribution in [0.15, 0.2) is 0 Å². The zero-order chi connectivity index (χ0) is 13.1. The van der Waals surface area contributed by atoms with Crippen molar-refractivity contribution in [3.8, 4) is 0 Å². The second kappa shape index (κ2) is 5.49. The molecule has 1 atom stereocenters. The van der Waals surface area contributed by atoms with E-state index >= 15 is 0 Å². The van der Waals surface area contributed by atoms with E-state index in [0.29, 0.717) is 19.0 Å². The molecule has 0 bridgehead atoms. The molecule has 5 nitrogen and oxygen atoms in total. The molecule has 1 saturated heterocycles. The Hall–Kier alpha value is -1.10. The zero-order valence-corrected chi connectivity index (χ0v) is 10.8. The number of rotatable bonds is 2. The molecule has 98 valence electrons. The van der Waals surface area contributed by atoms with E-state index < -0.39 is 17.4 Å². The Labute approximate surface area is 102 Å². The lowest BCUT2D eigenvalue weighted by molar-refractivity contribution is -0.148. The third-order valence-corrected chi connectivity index (χ3v) is 2.99. The fourth-order valence-electron chi connectivity index (χ4n) is 1.92. The van der Waals surface area contributed by atoms with Gasteiger partial charge in [-0.15, -0.1) is 0 Å². The minimum absolute atomic E-state index is 0.192. The number of carbonyl (C=O) groups is 2. The zero-order valence-electron chi connectivity index (χ0n) is 10.8. The number of likely N-dealkylation sites (tertiary alicyclic amines) is 1. The molecule has 1 heterocycles. The highest BCUT2D eigenvalue weighted by molar-refractivity contribution is 6.35. The third kappa shape index (κ3) is 4.00. The van der Waals surface area contributed by atoms with E-state index in [1.807, 2.05) is 0 Å². The van der Waals surface area contributed by atoms with Gasteiger partial charge < -0.3 is 15.3 Å². The highest BCUT2D eigenvalue weighted by Crippen LogP contribution is 2.15. The standard InChI is InChI=1S/C12H22N2O3/c1-9-5-4-6-14(7-9)11(17)10(16)13-12(2,3)8-15/h9,15H,4-8H2,1-3H3,(H,13,16). The molecule has 0 aromatic carbocycles. The lowest BCUT2D eigenvalue weighted by Gasteiger charge is -2.31. The first-order valence-corrected chi connectivity index (χ1v) is 6.08. The Morgan fingerprint density at radius 2 is 2.12 bits per heavy atom. The molecule has 0 saturated carbocycles. The summed E-state index contributed by atoms with van der Waals surface area (Å²) in [6.07, 6.45) is 2.05. The van der Waals surface area contributed by atoms with E-state index in [9.17, 15) is 9.59 Å². The van der Waals surface area contributed by atoms with E-state index in [0.717, 1.165) is 12.8 Å². The minimum atomic E-state index is -0.756. The largest absolute Gasteiger partial charge is 0.394 e. The molecule has 1 rings (SSSR count). The molecule has 1 unspecified atom stereocenters. The summed E-state index contributed by atoms with van der Waals surface area (Å²) in [5, 5.41) is 11.6. The van der Waals surface area contributed by atoms with Crippen molar-refractivity contribution in [2.75, 3.05) is 19.7 Å². The highest BCUT2D eigenvalue weighted by Gasteiger charge is 2.29. The van der Waals surface area contributed by atoms with E-state index in [2.05, 4.69) is 12.2 Å². The van der Waals surface area contributed by atoms with Crippen LogP contribution in [0, 0.1) is 5.92 Å². The summed E-state index contributed by atoms with van der Waals surface area (Å²) in [6, 6.07) is 0. The number of carbonyl (C=O) groups excluding carboxylic acids is 2. The molecule has 5 heteroatoms. The summed E-state index contributed by atoms with van der Waals surface area (Å²) in [7, 11) is 0. The van der Waals surface area contributed by atoms with Crippen molar-refractivity contribution in [3.63, 3.8) is 0 Å². The maximum absolute atomic E-state index is 11.9. The molecule has 0 aliphatic carbocycles. The van der Waals surface area contributed by atoms with Crippen LogP contribution in [0.5, 0.6) is 0 Å². The van der Waals surface area contributed by atoms with Gasteiger partial charge in [-0.2, -0.15) is 0 Å². The molecule has 1 aliphatic heterocycles. The fraction of sp³-hybridized carbons (Fsp3) is 0.833. The van der Waals surface area contributed by atoms with Gasteiger partial charge in [-0.25, -0.2) is 0 Å².